The van der Waals surface area contributed by atoms with Crippen LogP contribution in [0.15, 0.2) is 35.2 Å². The Morgan fingerprint density at radius 3 is 2.77 bits per heavy atom. The zero-order valence-electron chi connectivity index (χ0n) is 12.5. The van der Waals surface area contributed by atoms with Crippen molar-refractivity contribution in [3.05, 3.63) is 47.2 Å². The number of thiazole rings is 1. The van der Waals surface area contributed by atoms with Gasteiger partial charge in [-0.2, -0.15) is 4.98 Å². The molecular weight excluding hydrogens is 314 g/mol. The smallest absolute Gasteiger partial charge is 0.258 e. The lowest BCUT2D eigenvalue weighted by Gasteiger charge is -2.05. The van der Waals surface area contributed by atoms with E-state index in [-0.39, 0.29) is 5.91 Å². The van der Waals surface area contributed by atoms with Crippen molar-refractivity contribution in [1.82, 2.24) is 9.97 Å². The Kier molecular flexibility index (Phi) is 4.13. The molecule has 112 valence electrons. The molecule has 22 heavy (non-hydrogen) atoms. The molecule has 1 amide bonds. The monoisotopic (exact) mass is 329 g/mol. The molecule has 0 saturated heterocycles. The summed E-state index contributed by atoms with van der Waals surface area (Å²) in [6.45, 7) is 3.97. The van der Waals surface area contributed by atoms with E-state index in [2.05, 4.69) is 15.3 Å². The minimum Gasteiger partial charge on any atom is -0.298 e. The third kappa shape index (κ3) is 2.84. The molecule has 0 saturated carbocycles. The van der Waals surface area contributed by atoms with E-state index in [4.69, 9.17) is 0 Å². The average molecular weight is 329 g/mol. The van der Waals surface area contributed by atoms with Gasteiger partial charge in [-0.05, 0) is 43.9 Å². The summed E-state index contributed by atoms with van der Waals surface area (Å²) in [5.41, 5.74) is 3.41. The maximum absolute atomic E-state index is 12.4. The van der Waals surface area contributed by atoms with Crippen molar-refractivity contribution in [3.8, 4) is 0 Å². The molecule has 1 N–H and O–H groups in total. The van der Waals surface area contributed by atoms with Crippen molar-refractivity contribution in [2.45, 2.75) is 18.7 Å². The number of thioether (sulfide) groups is 1. The Labute approximate surface area is 137 Å². The zero-order valence-corrected chi connectivity index (χ0v) is 14.1. The van der Waals surface area contributed by atoms with E-state index < -0.39 is 0 Å². The van der Waals surface area contributed by atoms with Gasteiger partial charge in [0.25, 0.3) is 5.91 Å². The van der Waals surface area contributed by atoms with Crippen molar-refractivity contribution in [3.63, 3.8) is 0 Å². The molecule has 0 spiro atoms. The van der Waals surface area contributed by atoms with Gasteiger partial charge in [-0.1, -0.05) is 23.5 Å². The minimum absolute atomic E-state index is 0.140. The molecule has 2 heterocycles. The van der Waals surface area contributed by atoms with Crippen molar-refractivity contribution >= 4 is 44.5 Å². The highest BCUT2D eigenvalue weighted by molar-refractivity contribution is 7.98. The van der Waals surface area contributed by atoms with Crippen LogP contribution < -0.4 is 5.32 Å². The molecule has 0 atom stereocenters. The van der Waals surface area contributed by atoms with Crippen LogP contribution in [0.25, 0.3) is 10.3 Å². The number of hydrogen-bond acceptors (Lipinski definition) is 5. The number of benzene rings is 1. The molecule has 0 fully saturated rings. The Balaban J connectivity index is 1.93. The summed E-state index contributed by atoms with van der Waals surface area (Å²) in [4.78, 5) is 22.2. The van der Waals surface area contributed by atoms with E-state index in [0.717, 1.165) is 20.9 Å². The van der Waals surface area contributed by atoms with Crippen LogP contribution in [-0.4, -0.2) is 22.1 Å². The molecule has 0 aliphatic heterocycles. The number of hydrogen-bond donors (Lipinski definition) is 1. The third-order valence-electron chi connectivity index (χ3n) is 3.25. The summed E-state index contributed by atoms with van der Waals surface area (Å²) in [6, 6.07) is 9.57. The van der Waals surface area contributed by atoms with Crippen LogP contribution in [0, 0.1) is 13.8 Å². The predicted octanol–water partition coefficient (Wildman–Crippen LogP) is 4.28. The molecule has 3 rings (SSSR count). The van der Waals surface area contributed by atoms with Crippen molar-refractivity contribution in [2.75, 3.05) is 11.6 Å². The first kappa shape index (κ1) is 15.0. The summed E-state index contributed by atoms with van der Waals surface area (Å²) in [7, 11) is 0. The fraction of sp³-hybridized carbons (Fsp3) is 0.188. The normalized spacial score (nSPS) is 10.9. The van der Waals surface area contributed by atoms with Gasteiger partial charge < -0.3 is 0 Å². The molecule has 1 aromatic carbocycles. The lowest BCUT2D eigenvalue weighted by molar-refractivity contribution is 0.102. The lowest BCUT2D eigenvalue weighted by Crippen LogP contribution is -2.12. The topological polar surface area (TPSA) is 54.9 Å². The number of anilines is 1. The molecule has 0 aliphatic rings. The Morgan fingerprint density at radius 2 is 2.00 bits per heavy atom. The molecule has 0 bridgehead atoms. The van der Waals surface area contributed by atoms with Gasteiger partial charge in [0.05, 0.1) is 10.3 Å². The molecule has 6 heteroatoms. The van der Waals surface area contributed by atoms with Crippen LogP contribution in [-0.2, 0) is 0 Å². The first-order chi connectivity index (χ1) is 10.6. The molecule has 0 radical (unpaired) electrons. The summed E-state index contributed by atoms with van der Waals surface area (Å²) in [5.74, 6) is -0.140. The number of amides is 1. The van der Waals surface area contributed by atoms with Crippen molar-refractivity contribution in [2.24, 2.45) is 0 Å². The zero-order chi connectivity index (χ0) is 15.7. The molecule has 4 nitrogen and oxygen atoms in total. The fourth-order valence-corrected chi connectivity index (χ4v) is 3.74. The second-order valence-electron chi connectivity index (χ2n) is 4.91. The van der Waals surface area contributed by atoms with Crippen molar-refractivity contribution < 1.29 is 4.79 Å². The summed E-state index contributed by atoms with van der Waals surface area (Å²) >= 11 is 3.01. The SMILES string of the molecule is CSc1ccccc1C(=O)Nc1nc2nc(C)cc(C)c2s1. The summed E-state index contributed by atoms with van der Waals surface area (Å²) in [6.07, 6.45) is 1.96. The molecule has 0 unspecified atom stereocenters. The largest absolute Gasteiger partial charge is 0.298 e. The lowest BCUT2D eigenvalue weighted by atomic mass is 10.2. The standard InChI is InChI=1S/C16H15N3OS2/c1-9-8-10(2)17-14-13(9)22-16(18-14)19-15(20)11-6-4-5-7-12(11)21-3/h4-8H,1-3H3,(H,17,18,19,20). The number of carbonyl (C=O) groups is 1. The van der Waals surface area contributed by atoms with Crippen LogP contribution in [0.2, 0.25) is 0 Å². The third-order valence-corrected chi connectivity index (χ3v) is 5.14. The van der Waals surface area contributed by atoms with Crippen molar-refractivity contribution in [1.29, 1.82) is 0 Å². The highest BCUT2D eigenvalue weighted by atomic mass is 32.2. The van der Waals surface area contributed by atoms with Crippen LogP contribution in [0.1, 0.15) is 21.6 Å². The van der Waals surface area contributed by atoms with Gasteiger partial charge in [0.1, 0.15) is 0 Å². The number of nitrogens with one attached hydrogen (secondary N) is 1. The van der Waals surface area contributed by atoms with E-state index in [9.17, 15) is 4.79 Å². The van der Waals surface area contributed by atoms with E-state index in [1.165, 1.54) is 11.3 Å². The number of fused-ring (bicyclic) bond motifs is 1. The van der Waals surface area contributed by atoms with Gasteiger partial charge in [-0.3, -0.25) is 10.1 Å². The number of pyridine rings is 1. The maximum atomic E-state index is 12.4. The average Bonchev–Trinajstić information content (AvgIpc) is 2.89. The number of nitrogens with zero attached hydrogens (tertiary/aromatic N) is 2. The first-order valence-electron chi connectivity index (χ1n) is 6.77. The number of aromatic nitrogens is 2. The van der Waals surface area contributed by atoms with Crippen LogP contribution >= 0.6 is 23.1 Å². The second kappa shape index (κ2) is 6.06. The highest BCUT2D eigenvalue weighted by Gasteiger charge is 2.14. The summed E-state index contributed by atoms with van der Waals surface area (Å²) in [5, 5.41) is 3.46. The van der Waals surface area contributed by atoms with Gasteiger partial charge in [0, 0.05) is 10.6 Å². The summed E-state index contributed by atoms with van der Waals surface area (Å²) < 4.78 is 1.01. The molecular formula is C16H15N3OS2. The van der Waals surface area contributed by atoms with E-state index in [1.54, 1.807) is 11.8 Å². The first-order valence-corrected chi connectivity index (χ1v) is 8.82. The number of rotatable bonds is 3. The molecule has 0 aliphatic carbocycles. The van der Waals surface area contributed by atoms with E-state index in [1.807, 2.05) is 50.4 Å². The van der Waals surface area contributed by atoms with Gasteiger partial charge in [-0.25, -0.2) is 4.98 Å². The van der Waals surface area contributed by atoms with Crippen LogP contribution in [0.3, 0.4) is 0 Å². The van der Waals surface area contributed by atoms with Gasteiger partial charge in [0.2, 0.25) is 0 Å². The van der Waals surface area contributed by atoms with E-state index >= 15 is 0 Å². The van der Waals surface area contributed by atoms with Gasteiger partial charge in [-0.15, -0.1) is 11.8 Å². The second-order valence-corrected chi connectivity index (χ2v) is 6.75. The quantitative estimate of drug-likeness (QED) is 0.729. The molecule has 2 aromatic heterocycles. The van der Waals surface area contributed by atoms with Crippen LogP contribution in [0.5, 0.6) is 0 Å². The number of carbonyl (C=O) groups excluding carboxylic acids is 1. The number of aryl methyl sites for hydroxylation is 2. The highest BCUT2D eigenvalue weighted by Crippen LogP contribution is 2.29. The maximum Gasteiger partial charge on any atom is 0.258 e. The van der Waals surface area contributed by atoms with E-state index in [0.29, 0.717) is 16.3 Å². The van der Waals surface area contributed by atoms with Gasteiger partial charge >= 0.3 is 0 Å². The Hall–Kier alpha value is -1.92. The minimum atomic E-state index is -0.140. The Morgan fingerprint density at radius 1 is 1.23 bits per heavy atom. The fourth-order valence-electron chi connectivity index (χ4n) is 2.27. The van der Waals surface area contributed by atoms with Crippen LogP contribution in [0.4, 0.5) is 5.13 Å². The Bertz CT molecular complexity index is 858. The molecule has 3 aromatic rings. The van der Waals surface area contributed by atoms with Gasteiger partial charge in [0.15, 0.2) is 10.8 Å². The predicted molar refractivity (Wildman–Crippen MR) is 93.1 cm³/mol.